The molecular formula is C4H9BBr2. The summed E-state index contributed by atoms with van der Waals surface area (Å²) in [7, 11) is 2.20. The number of rotatable bonds is 3. The molecule has 0 unspecified atom stereocenters. The van der Waals surface area contributed by atoms with Gasteiger partial charge in [-0.3, -0.25) is 0 Å². The van der Waals surface area contributed by atoms with E-state index >= 15 is 0 Å². The third kappa shape index (κ3) is 7.02. The number of hydrogen-bond donors (Lipinski definition) is 0. The molecule has 0 amide bonds. The normalized spacial score (nSPS) is 10.1. The quantitative estimate of drug-likeness (QED) is 0.511. The average Bonchev–Trinajstić information content (AvgIpc) is 1.61. The Kier molecular flexibility index (Phi) is 5.92. The molecule has 7 heavy (non-hydrogen) atoms. The molecule has 0 fully saturated rings. The van der Waals surface area contributed by atoms with Gasteiger partial charge >= 0.3 is 0 Å². The van der Waals surface area contributed by atoms with Crippen LogP contribution in [0, 0.1) is 0 Å². The van der Waals surface area contributed by atoms with E-state index in [0.717, 1.165) is 0 Å². The first-order valence-corrected chi connectivity index (χ1v) is 4.38. The molecular weight excluding hydrogens is 219 g/mol. The zero-order chi connectivity index (χ0) is 5.70. The molecule has 0 bridgehead atoms. The van der Waals surface area contributed by atoms with Crippen LogP contribution in [-0.4, -0.2) is 11.6 Å². The summed E-state index contributed by atoms with van der Waals surface area (Å²) in [5, 5.41) is 0. The predicted molar refractivity (Wildman–Crippen MR) is 44.2 cm³/mol. The van der Waals surface area contributed by atoms with Crippen LogP contribution < -0.4 is 0 Å². The summed E-state index contributed by atoms with van der Waals surface area (Å²) in [5.41, 5.74) is 0. The van der Waals surface area contributed by atoms with Crippen molar-refractivity contribution < 1.29 is 0 Å². The third-order valence-electron chi connectivity index (χ3n) is 0.776. The van der Waals surface area contributed by atoms with E-state index in [1.165, 1.54) is 19.2 Å². The first kappa shape index (κ1) is 8.02. The summed E-state index contributed by atoms with van der Waals surface area (Å²) in [6.45, 7) is 0. The van der Waals surface area contributed by atoms with Crippen molar-refractivity contribution in [3.8, 4) is 0 Å². The van der Waals surface area contributed by atoms with Crippen molar-refractivity contribution in [3.63, 3.8) is 0 Å². The maximum absolute atomic E-state index is 3.39. The lowest BCUT2D eigenvalue weighted by Crippen LogP contribution is -1.82. The molecule has 0 aliphatic carbocycles. The van der Waals surface area contributed by atoms with Gasteiger partial charge in [-0.2, -0.15) is 0 Å². The number of alkyl halides is 2. The fourth-order valence-electron chi connectivity index (χ4n) is 0.358. The van der Waals surface area contributed by atoms with E-state index in [9.17, 15) is 0 Å². The first-order valence-electron chi connectivity index (χ1n) is 2.55. The summed E-state index contributed by atoms with van der Waals surface area (Å²) in [6.07, 6.45) is 3.82. The Morgan fingerprint density at radius 3 is 2.14 bits per heavy atom. The van der Waals surface area contributed by atoms with Gasteiger partial charge in [-0.05, 0) is 6.42 Å². The molecule has 0 nitrogen and oxygen atoms in total. The maximum Gasteiger partial charge on any atom is 0.101 e. The smallest absolute Gasteiger partial charge is 0.0810 e. The van der Waals surface area contributed by atoms with Gasteiger partial charge in [-0.15, -0.1) is 0 Å². The molecule has 0 aromatic heterocycles. The average molecular weight is 228 g/mol. The van der Waals surface area contributed by atoms with E-state index in [1.807, 2.05) is 0 Å². The summed E-state index contributed by atoms with van der Waals surface area (Å²) in [4.78, 5) is 0. The van der Waals surface area contributed by atoms with Crippen LogP contribution >= 0.6 is 31.9 Å². The van der Waals surface area contributed by atoms with Gasteiger partial charge in [0.2, 0.25) is 0 Å². The van der Waals surface area contributed by atoms with Gasteiger partial charge in [0.15, 0.2) is 0 Å². The second kappa shape index (κ2) is 5.17. The lowest BCUT2D eigenvalue weighted by molar-refractivity contribution is 0.881. The Bertz CT molecular complexity index is 38.7. The maximum atomic E-state index is 3.39. The standard InChI is InChI=1S/C4H9BBr2/c5-3-1-2-4(6)7/h4H,1-3,5H2. The summed E-state index contributed by atoms with van der Waals surface area (Å²) in [5.74, 6) is 0. The van der Waals surface area contributed by atoms with Crippen molar-refractivity contribution in [3.05, 3.63) is 0 Å². The minimum absolute atomic E-state index is 0.528. The highest BCUT2D eigenvalue weighted by molar-refractivity contribution is 9.24. The zero-order valence-corrected chi connectivity index (χ0v) is 7.63. The molecule has 0 spiro atoms. The first-order chi connectivity index (χ1) is 3.27. The molecule has 0 N–H and O–H groups in total. The van der Waals surface area contributed by atoms with Crippen molar-refractivity contribution in [2.75, 3.05) is 0 Å². The van der Waals surface area contributed by atoms with Gasteiger partial charge in [-0.1, -0.05) is 44.6 Å². The van der Waals surface area contributed by atoms with Crippen LogP contribution in [0.3, 0.4) is 0 Å². The lowest BCUT2D eigenvalue weighted by atomic mass is 10.0. The van der Waals surface area contributed by atoms with E-state index in [2.05, 4.69) is 39.7 Å². The van der Waals surface area contributed by atoms with E-state index < -0.39 is 0 Å². The molecule has 0 saturated carbocycles. The van der Waals surface area contributed by atoms with Gasteiger partial charge in [0.1, 0.15) is 7.85 Å². The topological polar surface area (TPSA) is 0 Å². The van der Waals surface area contributed by atoms with Crippen LogP contribution in [-0.2, 0) is 0 Å². The second-order valence-corrected chi connectivity index (χ2v) is 4.97. The molecule has 0 radical (unpaired) electrons. The van der Waals surface area contributed by atoms with Crippen LogP contribution in [0.5, 0.6) is 0 Å². The Hall–Kier alpha value is 1.02. The molecule has 0 heterocycles. The van der Waals surface area contributed by atoms with Gasteiger partial charge < -0.3 is 0 Å². The monoisotopic (exact) mass is 226 g/mol. The molecule has 0 saturated heterocycles. The molecule has 0 aromatic carbocycles. The molecule has 42 valence electrons. The molecule has 0 atom stereocenters. The third-order valence-corrected chi connectivity index (χ3v) is 1.69. The lowest BCUT2D eigenvalue weighted by Gasteiger charge is -1.95. The Labute approximate surface area is 62.7 Å². The van der Waals surface area contributed by atoms with Gasteiger partial charge in [0, 0.05) is 0 Å². The summed E-state index contributed by atoms with van der Waals surface area (Å²) in [6, 6.07) is 0. The van der Waals surface area contributed by atoms with Crippen LogP contribution in [0.4, 0.5) is 0 Å². The molecule has 0 aliphatic heterocycles. The Morgan fingerprint density at radius 2 is 2.00 bits per heavy atom. The van der Waals surface area contributed by atoms with E-state index in [4.69, 9.17) is 0 Å². The minimum atomic E-state index is 0.528. The van der Waals surface area contributed by atoms with E-state index in [-0.39, 0.29) is 0 Å². The zero-order valence-electron chi connectivity index (χ0n) is 4.45. The molecule has 0 aromatic rings. The minimum Gasteiger partial charge on any atom is -0.0810 e. The predicted octanol–water partition coefficient (Wildman–Crippen LogP) is 1.93. The van der Waals surface area contributed by atoms with Crippen molar-refractivity contribution >= 4 is 39.7 Å². The number of halogens is 2. The second-order valence-electron chi connectivity index (χ2n) is 1.53. The van der Waals surface area contributed by atoms with Crippen LogP contribution in [0.1, 0.15) is 12.8 Å². The van der Waals surface area contributed by atoms with Crippen LogP contribution in [0.15, 0.2) is 0 Å². The highest BCUT2D eigenvalue weighted by atomic mass is 79.9. The van der Waals surface area contributed by atoms with E-state index in [1.54, 1.807) is 0 Å². The molecule has 0 aliphatic rings. The fourth-order valence-corrected chi connectivity index (χ4v) is 1.01. The van der Waals surface area contributed by atoms with Gasteiger partial charge in [-0.25, -0.2) is 0 Å². The Balaban J connectivity index is 2.68. The highest BCUT2D eigenvalue weighted by Crippen LogP contribution is 2.14. The van der Waals surface area contributed by atoms with Crippen LogP contribution in [0.2, 0.25) is 6.32 Å². The largest absolute Gasteiger partial charge is 0.101 e. The number of hydrogen-bond acceptors (Lipinski definition) is 0. The molecule has 0 rings (SSSR count). The summed E-state index contributed by atoms with van der Waals surface area (Å²) >= 11 is 6.78. The van der Waals surface area contributed by atoms with Crippen molar-refractivity contribution in [1.82, 2.24) is 0 Å². The van der Waals surface area contributed by atoms with Crippen molar-refractivity contribution in [1.29, 1.82) is 0 Å². The van der Waals surface area contributed by atoms with Gasteiger partial charge in [0.25, 0.3) is 0 Å². The van der Waals surface area contributed by atoms with E-state index in [0.29, 0.717) is 3.74 Å². The van der Waals surface area contributed by atoms with Crippen molar-refractivity contribution in [2.45, 2.75) is 22.9 Å². The van der Waals surface area contributed by atoms with Crippen molar-refractivity contribution in [2.24, 2.45) is 0 Å². The Morgan fingerprint density at radius 1 is 1.43 bits per heavy atom. The van der Waals surface area contributed by atoms with Crippen LogP contribution in [0.25, 0.3) is 0 Å². The van der Waals surface area contributed by atoms with Gasteiger partial charge in [0.05, 0.1) is 3.74 Å². The SMILES string of the molecule is BCCCC(Br)Br. The summed E-state index contributed by atoms with van der Waals surface area (Å²) < 4.78 is 0.528. The highest BCUT2D eigenvalue weighted by Gasteiger charge is 1.92. The fraction of sp³-hybridized carbons (Fsp3) is 1.00. The molecule has 3 heteroatoms.